The van der Waals surface area contributed by atoms with E-state index in [0.29, 0.717) is 22.6 Å². The predicted octanol–water partition coefficient (Wildman–Crippen LogP) is 5.05. The molecule has 0 unspecified atom stereocenters. The third kappa shape index (κ3) is 5.01. The average molecular weight is 359 g/mol. The Bertz CT molecular complexity index is 615. The first-order valence-electron chi connectivity index (χ1n) is 6.18. The van der Waals surface area contributed by atoms with Gasteiger partial charge in [-0.05, 0) is 53.0 Å². The summed E-state index contributed by atoms with van der Waals surface area (Å²) in [5, 5.41) is 0. The highest BCUT2D eigenvalue weighted by molar-refractivity contribution is 9.10. The summed E-state index contributed by atoms with van der Waals surface area (Å²) in [5.74, 6) is 0.612. The second-order valence-corrected chi connectivity index (χ2v) is 5.21. The molecule has 0 atom stereocenters. The molecular formula is C16H17BrF2O2. The van der Waals surface area contributed by atoms with Gasteiger partial charge in [-0.1, -0.05) is 6.07 Å². The molecule has 0 aliphatic rings. The fourth-order valence-corrected chi connectivity index (χ4v) is 2.10. The van der Waals surface area contributed by atoms with Crippen molar-refractivity contribution in [3.8, 4) is 11.5 Å². The zero-order chi connectivity index (χ0) is 16.0. The van der Waals surface area contributed by atoms with Crippen LogP contribution in [0.2, 0.25) is 0 Å². The number of ether oxygens (including phenoxy) is 2. The normalized spacial score (nSPS) is 9.67. The van der Waals surface area contributed by atoms with E-state index in [9.17, 15) is 8.78 Å². The van der Waals surface area contributed by atoms with Gasteiger partial charge in [0.25, 0.3) is 0 Å². The first-order chi connectivity index (χ1) is 9.88. The fraction of sp³-hybridized carbons (Fsp3) is 0.250. The summed E-state index contributed by atoms with van der Waals surface area (Å²) in [6.07, 6.45) is 0. The lowest BCUT2D eigenvalue weighted by Gasteiger charge is -2.04. The van der Waals surface area contributed by atoms with Crippen LogP contribution in [0.4, 0.5) is 8.78 Å². The number of methoxy groups -OCH3 is 2. The molecule has 2 rings (SSSR count). The van der Waals surface area contributed by atoms with Gasteiger partial charge in [0.2, 0.25) is 0 Å². The van der Waals surface area contributed by atoms with Gasteiger partial charge in [0.05, 0.1) is 18.7 Å². The van der Waals surface area contributed by atoms with Crippen LogP contribution >= 0.6 is 15.9 Å². The first kappa shape index (κ1) is 17.4. The minimum absolute atomic E-state index is 0.223. The zero-order valence-electron chi connectivity index (χ0n) is 12.3. The van der Waals surface area contributed by atoms with Crippen LogP contribution in [-0.4, -0.2) is 14.2 Å². The number of aryl methyl sites for hydroxylation is 2. The highest BCUT2D eigenvalue weighted by Crippen LogP contribution is 2.27. The van der Waals surface area contributed by atoms with E-state index in [1.165, 1.54) is 26.4 Å². The molecule has 21 heavy (non-hydrogen) atoms. The molecule has 0 fully saturated rings. The van der Waals surface area contributed by atoms with Crippen molar-refractivity contribution in [2.75, 3.05) is 14.2 Å². The first-order valence-corrected chi connectivity index (χ1v) is 6.98. The van der Waals surface area contributed by atoms with Gasteiger partial charge in [0, 0.05) is 12.1 Å². The van der Waals surface area contributed by atoms with Crippen LogP contribution < -0.4 is 9.47 Å². The van der Waals surface area contributed by atoms with Crippen LogP contribution in [0.3, 0.4) is 0 Å². The average Bonchev–Trinajstić information content (AvgIpc) is 2.46. The maximum Gasteiger partial charge on any atom is 0.135 e. The summed E-state index contributed by atoms with van der Waals surface area (Å²) < 4.78 is 36.0. The molecule has 0 radical (unpaired) electrons. The van der Waals surface area contributed by atoms with Crippen LogP contribution in [0.1, 0.15) is 11.1 Å². The van der Waals surface area contributed by atoms with Gasteiger partial charge in [-0.15, -0.1) is 0 Å². The van der Waals surface area contributed by atoms with E-state index in [1.807, 2.05) is 0 Å². The Morgan fingerprint density at radius 3 is 2.00 bits per heavy atom. The van der Waals surface area contributed by atoms with Gasteiger partial charge >= 0.3 is 0 Å². The summed E-state index contributed by atoms with van der Waals surface area (Å²) in [5.41, 5.74) is 1.25. The van der Waals surface area contributed by atoms with Crippen molar-refractivity contribution in [3.05, 3.63) is 57.6 Å². The van der Waals surface area contributed by atoms with E-state index in [-0.39, 0.29) is 11.6 Å². The summed E-state index contributed by atoms with van der Waals surface area (Å²) in [4.78, 5) is 0. The fourth-order valence-electron chi connectivity index (χ4n) is 1.49. The maximum atomic E-state index is 12.8. The van der Waals surface area contributed by atoms with E-state index >= 15 is 0 Å². The van der Waals surface area contributed by atoms with Gasteiger partial charge in [0.1, 0.15) is 23.1 Å². The summed E-state index contributed by atoms with van der Waals surface area (Å²) in [6, 6.07) is 7.84. The van der Waals surface area contributed by atoms with Crippen molar-refractivity contribution in [2.24, 2.45) is 0 Å². The monoisotopic (exact) mass is 358 g/mol. The topological polar surface area (TPSA) is 18.5 Å². The molecule has 0 saturated carbocycles. The largest absolute Gasteiger partial charge is 0.497 e. The van der Waals surface area contributed by atoms with Gasteiger partial charge in [-0.25, -0.2) is 8.78 Å². The summed E-state index contributed by atoms with van der Waals surface area (Å²) in [6.45, 7) is 3.42. The van der Waals surface area contributed by atoms with Crippen LogP contribution in [0.5, 0.6) is 11.5 Å². The van der Waals surface area contributed by atoms with Crippen LogP contribution in [-0.2, 0) is 0 Å². The van der Waals surface area contributed by atoms with Crippen molar-refractivity contribution in [3.63, 3.8) is 0 Å². The Hall–Kier alpha value is -1.62. The minimum atomic E-state index is -0.245. The Kier molecular flexibility index (Phi) is 6.62. The zero-order valence-corrected chi connectivity index (χ0v) is 13.9. The molecule has 0 spiro atoms. The lowest BCUT2D eigenvalue weighted by molar-refractivity contribution is 0.408. The number of rotatable bonds is 2. The Morgan fingerprint density at radius 2 is 1.48 bits per heavy atom. The molecule has 0 aliphatic heterocycles. The number of hydrogen-bond donors (Lipinski definition) is 0. The van der Waals surface area contributed by atoms with Crippen LogP contribution in [0.25, 0.3) is 0 Å². The van der Waals surface area contributed by atoms with Gasteiger partial charge in [0.15, 0.2) is 0 Å². The smallest absolute Gasteiger partial charge is 0.135 e. The molecule has 2 aromatic carbocycles. The van der Waals surface area contributed by atoms with Crippen LogP contribution in [0.15, 0.2) is 34.8 Å². The molecule has 0 aromatic heterocycles. The lowest BCUT2D eigenvalue weighted by atomic mass is 10.2. The van der Waals surface area contributed by atoms with Crippen molar-refractivity contribution in [1.29, 1.82) is 0 Å². The number of benzene rings is 2. The minimum Gasteiger partial charge on any atom is -0.497 e. The molecule has 0 aliphatic carbocycles. The van der Waals surface area contributed by atoms with Crippen molar-refractivity contribution in [1.82, 2.24) is 0 Å². The van der Waals surface area contributed by atoms with E-state index in [0.717, 1.165) is 4.47 Å². The highest BCUT2D eigenvalue weighted by atomic mass is 79.9. The number of hydrogen-bond acceptors (Lipinski definition) is 2. The third-order valence-corrected chi connectivity index (χ3v) is 3.43. The van der Waals surface area contributed by atoms with Gasteiger partial charge < -0.3 is 9.47 Å². The van der Waals surface area contributed by atoms with Crippen molar-refractivity contribution < 1.29 is 18.3 Å². The molecule has 114 valence electrons. The molecule has 5 heteroatoms. The molecule has 0 heterocycles. The summed E-state index contributed by atoms with van der Waals surface area (Å²) in [7, 11) is 3.03. The van der Waals surface area contributed by atoms with Crippen molar-refractivity contribution in [2.45, 2.75) is 13.8 Å². The SMILES string of the molecule is COc1cc(F)c(C)cc1Br.COc1ccc(C)c(F)c1. The van der Waals surface area contributed by atoms with Gasteiger partial charge in [-0.3, -0.25) is 0 Å². The maximum absolute atomic E-state index is 12.8. The molecule has 0 saturated heterocycles. The second-order valence-electron chi connectivity index (χ2n) is 4.35. The van der Waals surface area contributed by atoms with Crippen LogP contribution in [0, 0.1) is 25.5 Å². The molecular weight excluding hydrogens is 342 g/mol. The molecule has 0 N–H and O–H groups in total. The molecule has 0 bridgehead atoms. The Labute approximate surface area is 131 Å². The lowest BCUT2D eigenvalue weighted by Crippen LogP contribution is -1.88. The third-order valence-electron chi connectivity index (χ3n) is 2.81. The van der Waals surface area contributed by atoms with E-state index < -0.39 is 0 Å². The predicted molar refractivity (Wildman–Crippen MR) is 83.1 cm³/mol. The van der Waals surface area contributed by atoms with Crippen molar-refractivity contribution >= 4 is 15.9 Å². The molecule has 2 aromatic rings. The summed E-state index contributed by atoms with van der Waals surface area (Å²) >= 11 is 3.25. The quantitative estimate of drug-likeness (QED) is 0.747. The van der Waals surface area contributed by atoms with Gasteiger partial charge in [-0.2, -0.15) is 0 Å². The number of halogens is 3. The van der Waals surface area contributed by atoms with E-state index in [4.69, 9.17) is 9.47 Å². The second kappa shape index (κ2) is 7.98. The molecule has 0 amide bonds. The van der Waals surface area contributed by atoms with E-state index in [2.05, 4.69) is 15.9 Å². The Balaban J connectivity index is 0.000000211. The van der Waals surface area contributed by atoms with E-state index in [1.54, 1.807) is 32.0 Å². The standard InChI is InChI=1S/C8H8BrFO.C8H9FO/c1-5-3-6(9)8(11-2)4-7(5)10;1-6-3-4-7(10-2)5-8(6)9/h3-4H,1-2H3;3-5H,1-2H3. The Morgan fingerprint density at radius 1 is 0.857 bits per heavy atom. The molecule has 2 nitrogen and oxygen atoms in total. The highest BCUT2D eigenvalue weighted by Gasteiger charge is 2.04.